The first-order chi connectivity index (χ1) is 13.6. The van der Waals surface area contributed by atoms with E-state index in [4.69, 9.17) is 0 Å². The van der Waals surface area contributed by atoms with Crippen molar-refractivity contribution < 1.29 is 9.59 Å². The number of hydrogen-bond donors (Lipinski definition) is 2. The van der Waals surface area contributed by atoms with Crippen molar-refractivity contribution in [2.45, 2.75) is 25.8 Å². The molecular weight excluding hydrogens is 370 g/mol. The molecule has 0 spiro atoms. The average molecular weight is 394 g/mol. The maximum absolute atomic E-state index is 13.3. The van der Waals surface area contributed by atoms with Crippen LogP contribution in [0.5, 0.6) is 0 Å². The summed E-state index contributed by atoms with van der Waals surface area (Å²) in [5, 5.41) is 8.04. The quantitative estimate of drug-likeness (QED) is 0.636. The molecule has 0 unspecified atom stereocenters. The Morgan fingerprint density at radius 1 is 0.893 bits per heavy atom. The van der Waals surface area contributed by atoms with Crippen LogP contribution in [0.3, 0.4) is 0 Å². The van der Waals surface area contributed by atoms with Gasteiger partial charge in [0.25, 0.3) is 0 Å². The van der Waals surface area contributed by atoms with Crippen molar-refractivity contribution in [3.8, 4) is 0 Å². The van der Waals surface area contributed by atoms with Crippen LogP contribution in [0.2, 0.25) is 0 Å². The molecule has 3 aromatic rings. The molecule has 3 rings (SSSR count). The third-order valence-corrected chi connectivity index (χ3v) is 5.13. The minimum Gasteiger partial charge on any atom is -0.343 e. The SMILES string of the molecule is CC(C)[C@H](NC(=O)C(c1ccccc1)c1ccccc1)C(=O)Nc1nccs1. The summed E-state index contributed by atoms with van der Waals surface area (Å²) in [6, 6.07) is 18.5. The number of amides is 2. The highest BCUT2D eigenvalue weighted by Crippen LogP contribution is 2.25. The van der Waals surface area contributed by atoms with Crippen molar-refractivity contribution in [3.05, 3.63) is 83.4 Å². The van der Waals surface area contributed by atoms with Crippen LogP contribution in [0.4, 0.5) is 5.13 Å². The Balaban J connectivity index is 1.84. The lowest BCUT2D eigenvalue weighted by atomic mass is 9.89. The Hall–Kier alpha value is -2.99. The predicted molar refractivity (Wildman–Crippen MR) is 112 cm³/mol. The zero-order chi connectivity index (χ0) is 19.9. The van der Waals surface area contributed by atoms with Crippen LogP contribution in [0, 0.1) is 5.92 Å². The highest BCUT2D eigenvalue weighted by molar-refractivity contribution is 7.13. The zero-order valence-corrected chi connectivity index (χ0v) is 16.6. The molecule has 2 aromatic carbocycles. The summed E-state index contributed by atoms with van der Waals surface area (Å²) in [6.07, 6.45) is 1.63. The van der Waals surface area contributed by atoms with E-state index in [0.29, 0.717) is 5.13 Å². The molecule has 0 aliphatic heterocycles. The fraction of sp³-hybridized carbons (Fsp3) is 0.227. The number of carbonyl (C=O) groups excluding carboxylic acids is 2. The van der Waals surface area contributed by atoms with Crippen LogP contribution < -0.4 is 10.6 Å². The Morgan fingerprint density at radius 2 is 1.46 bits per heavy atom. The number of hydrogen-bond acceptors (Lipinski definition) is 4. The molecular formula is C22H23N3O2S. The Bertz CT molecular complexity index is 857. The van der Waals surface area contributed by atoms with Gasteiger partial charge in [-0.15, -0.1) is 11.3 Å². The Morgan fingerprint density at radius 3 is 1.93 bits per heavy atom. The largest absolute Gasteiger partial charge is 0.343 e. The third kappa shape index (κ3) is 4.84. The molecule has 2 N–H and O–H groups in total. The summed E-state index contributed by atoms with van der Waals surface area (Å²) in [6.45, 7) is 3.82. The van der Waals surface area contributed by atoms with Crippen molar-refractivity contribution in [1.82, 2.24) is 10.3 Å². The van der Waals surface area contributed by atoms with E-state index in [2.05, 4.69) is 15.6 Å². The number of rotatable bonds is 7. The maximum Gasteiger partial charge on any atom is 0.248 e. The van der Waals surface area contributed by atoms with Crippen molar-refractivity contribution in [1.29, 1.82) is 0 Å². The van der Waals surface area contributed by atoms with Gasteiger partial charge in [-0.2, -0.15) is 0 Å². The molecule has 5 nitrogen and oxygen atoms in total. The third-order valence-electron chi connectivity index (χ3n) is 4.44. The van der Waals surface area contributed by atoms with Gasteiger partial charge in [0.2, 0.25) is 11.8 Å². The van der Waals surface area contributed by atoms with Gasteiger partial charge in [0, 0.05) is 11.6 Å². The minimum absolute atomic E-state index is 0.0730. The van der Waals surface area contributed by atoms with Crippen molar-refractivity contribution >= 4 is 28.3 Å². The summed E-state index contributed by atoms with van der Waals surface area (Å²) in [5.41, 5.74) is 1.77. The number of thiazole rings is 1. The van der Waals surface area contributed by atoms with E-state index < -0.39 is 12.0 Å². The molecule has 0 saturated carbocycles. The van der Waals surface area contributed by atoms with Crippen LogP contribution in [-0.4, -0.2) is 22.8 Å². The molecule has 0 fully saturated rings. The molecule has 2 amide bonds. The molecule has 0 bridgehead atoms. The van der Waals surface area contributed by atoms with Gasteiger partial charge in [-0.25, -0.2) is 4.98 Å². The van der Waals surface area contributed by atoms with Crippen LogP contribution >= 0.6 is 11.3 Å². The van der Waals surface area contributed by atoms with Crippen LogP contribution in [0.25, 0.3) is 0 Å². The minimum atomic E-state index is -0.661. The van der Waals surface area contributed by atoms with Gasteiger partial charge < -0.3 is 10.6 Å². The van der Waals surface area contributed by atoms with Gasteiger partial charge >= 0.3 is 0 Å². The lowest BCUT2D eigenvalue weighted by molar-refractivity contribution is -0.127. The first-order valence-electron chi connectivity index (χ1n) is 9.17. The zero-order valence-electron chi connectivity index (χ0n) is 15.8. The van der Waals surface area contributed by atoms with Crippen molar-refractivity contribution in [2.75, 3.05) is 5.32 Å². The standard InChI is InChI=1S/C22H23N3O2S/c1-15(2)19(21(27)25-22-23-13-14-28-22)24-20(26)18(16-9-5-3-6-10-16)17-11-7-4-8-12-17/h3-15,18-19H,1-2H3,(H,24,26)(H,23,25,27)/t19-/m0/s1. The second-order valence-electron chi connectivity index (χ2n) is 6.81. The number of benzene rings is 2. The monoisotopic (exact) mass is 393 g/mol. The first-order valence-corrected chi connectivity index (χ1v) is 10.0. The van der Waals surface area contributed by atoms with E-state index in [0.717, 1.165) is 11.1 Å². The van der Waals surface area contributed by atoms with Gasteiger partial charge in [0.15, 0.2) is 5.13 Å². The van der Waals surface area contributed by atoms with Crippen LogP contribution in [-0.2, 0) is 9.59 Å². The molecule has 6 heteroatoms. The number of carbonyl (C=O) groups is 2. The molecule has 144 valence electrons. The normalized spacial score (nSPS) is 12.0. The molecule has 0 saturated heterocycles. The second-order valence-corrected chi connectivity index (χ2v) is 7.71. The summed E-state index contributed by atoms with van der Waals surface area (Å²) in [5.74, 6) is -1.03. The lowest BCUT2D eigenvalue weighted by Crippen LogP contribution is -2.48. The van der Waals surface area contributed by atoms with Gasteiger partial charge in [0.1, 0.15) is 6.04 Å². The summed E-state index contributed by atoms with van der Waals surface area (Å²) < 4.78 is 0. The fourth-order valence-corrected chi connectivity index (χ4v) is 3.56. The molecule has 1 aromatic heterocycles. The molecule has 0 aliphatic rings. The van der Waals surface area contributed by atoms with Gasteiger partial charge in [0.05, 0.1) is 5.92 Å². The van der Waals surface area contributed by atoms with E-state index in [9.17, 15) is 9.59 Å². The molecule has 1 heterocycles. The lowest BCUT2D eigenvalue weighted by Gasteiger charge is -2.25. The van der Waals surface area contributed by atoms with Crippen LogP contribution in [0.15, 0.2) is 72.2 Å². The second kappa shape index (κ2) is 9.28. The van der Waals surface area contributed by atoms with Crippen molar-refractivity contribution in [2.24, 2.45) is 5.92 Å². The van der Waals surface area contributed by atoms with E-state index in [-0.39, 0.29) is 17.7 Å². The number of aromatic nitrogens is 1. The fourth-order valence-electron chi connectivity index (χ4n) is 3.03. The van der Waals surface area contributed by atoms with E-state index in [1.807, 2.05) is 74.5 Å². The van der Waals surface area contributed by atoms with Gasteiger partial charge in [-0.05, 0) is 17.0 Å². The maximum atomic E-state index is 13.3. The summed E-state index contributed by atoms with van der Waals surface area (Å²) >= 11 is 1.34. The molecule has 1 atom stereocenters. The van der Waals surface area contributed by atoms with E-state index in [1.165, 1.54) is 11.3 Å². The van der Waals surface area contributed by atoms with Gasteiger partial charge in [-0.1, -0.05) is 74.5 Å². The van der Waals surface area contributed by atoms with Gasteiger partial charge in [-0.3, -0.25) is 9.59 Å². The Kier molecular flexibility index (Phi) is 6.55. The predicted octanol–water partition coefficient (Wildman–Crippen LogP) is 4.05. The molecule has 28 heavy (non-hydrogen) atoms. The summed E-state index contributed by atoms with van der Waals surface area (Å²) in [7, 11) is 0. The number of nitrogens with one attached hydrogen (secondary N) is 2. The number of nitrogens with zero attached hydrogens (tertiary/aromatic N) is 1. The Labute approximate surface area is 168 Å². The average Bonchev–Trinajstić information content (AvgIpc) is 3.20. The van der Waals surface area contributed by atoms with E-state index >= 15 is 0 Å². The van der Waals surface area contributed by atoms with E-state index in [1.54, 1.807) is 11.6 Å². The highest BCUT2D eigenvalue weighted by Gasteiger charge is 2.29. The number of anilines is 1. The first kappa shape index (κ1) is 19.8. The van der Waals surface area contributed by atoms with Crippen LogP contribution in [0.1, 0.15) is 30.9 Å². The molecule has 0 radical (unpaired) electrons. The highest BCUT2D eigenvalue weighted by atomic mass is 32.1. The van der Waals surface area contributed by atoms with Crippen molar-refractivity contribution in [3.63, 3.8) is 0 Å². The topological polar surface area (TPSA) is 71.1 Å². The smallest absolute Gasteiger partial charge is 0.248 e. The molecule has 0 aliphatic carbocycles. The summed E-state index contributed by atoms with van der Waals surface area (Å²) in [4.78, 5) is 30.1.